The van der Waals surface area contributed by atoms with Crippen molar-refractivity contribution in [2.75, 3.05) is 19.6 Å². The first-order valence-corrected chi connectivity index (χ1v) is 10.1. The number of hydrogen-bond acceptors (Lipinski definition) is 3. The van der Waals surface area contributed by atoms with Crippen LogP contribution in [0, 0.1) is 5.92 Å². The predicted molar refractivity (Wildman–Crippen MR) is 106 cm³/mol. The van der Waals surface area contributed by atoms with Gasteiger partial charge in [-0.2, -0.15) is 0 Å². The molecule has 0 spiro atoms. The van der Waals surface area contributed by atoms with E-state index in [0.29, 0.717) is 6.04 Å². The standard InChI is InChI=1S/C21H32N4O/c1-4-5-12-22-21(26)17-10-13-24(14-11-17)15-20-23-18-8-6-7-9-19(18)25(20)16(2)3/h6-9,16-17H,4-5,10-15H2,1-3H3,(H,22,26). The number of benzene rings is 1. The van der Waals surface area contributed by atoms with E-state index < -0.39 is 0 Å². The zero-order valence-electron chi connectivity index (χ0n) is 16.4. The molecule has 0 bridgehead atoms. The minimum atomic E-state index is 0.173. The molecule has 1 aromatic carbocycles. The number of amides is 1. The van der Waals surface area contributed by atoms with Crippen LogP contribution in [0.25, 0.3) is 11.0 Å². The summed E-state index contributed by atoms with van der Waals surface area (Å²) in [5.74, 6) is 1.55. The Balaban J connectivity index is 1.60. The summed E-state index contributed by atoms with van der Waals surface area (Å²) < 4.78 is 2.35. The van der Waals surface area contributed by atoms with Gasteiger partial charge in [-0.1, -0.05) is 25.5 Å². The minimum Gasteiger partial charge on any atom is -0.356 e. The molecule has 5 heteroatoms. The summed E-state index contributed by atoms with van der Waals surface area (Å²) in [7, 11) is 0. The Morgan fingerprint density at radius 3 is 2.69 bits per heavy atom. The van der Waals surface area contributed by atoms with Gasteiger partial charge in [-0.3, -0.25) is 9.69 Å². The van der Waals surface area contributed by atoms with Crippen LogP contribution in [0.5, 0.6) is 0 Å². The van der Waals surface area contributed by atoms with E-state index in [1.807, 2.05) is 6.07 Å². The molecule has 1 amide bonds. The highest BCUT2D eigenvalue weighted by Gasteiger charge is 2.26. The van der Waals surface area contributed by atoms with Crippen molar-refractivity contribution >= 4 is 16.9 Å². The van der Waals surface area contributed by atoms with Gasteiger partial charge in [0.25, 0.3) is 0 Å². The molecule has 0 saturated carbocycles. The third-order valence-corrected chi connectivity index (χ3v) is 5.34. The number of imidazole rings is 1. The molecule has 2 heterocycles. The molecule has 2 aromatic rings. The van der Waals surface area contributed by atoms with Gasteiger partial charge < -0.3 is 9.88 Å². The summed E-state index contributed by atoms with van der Waals surface area (Å²) in [5, 5.41) is 3.09. The molecule has 3 rings (SSSR count). The number of fused-ring (bicyclic) bond motifs is 1. The Morgan fingerprint density at radius 1 is 1.27 bits per heavy atom. The van der Waals surface area contributed by atoms with Crippen LogP contribution in [-0.2, 0) is 11.3 Å². The Hall–Kier alpha value is -1.88. The smallest absolute Gasteiger partial charge is 0.223 e. The topological polar surface area (TPSA) is 50.2 Å². The van der Waals surface area contributed by atoms with Crippen molar-refractivity contribution < 1.29 is 4.79 Å². The van der Waals surface area contributed by atoms with Gasteiger partial charge in [-0.15, -0.1) is 0 Å². The maximum Gasteiger partial charge on any atom is 0.223 e. The summed E-state index contributed by atoms with van der Waals surface area (Å²) >= 11 is 0. The maximum absolute atomic E-state index is 12.3. The van der Waals surface area contributed by atoms with Gasteiger partial charge in [0, 0.05) is 18.5 Å². The lowest BCUT2D eigenvalue weighted by Gasteiger charge is -2.31. The average Bonchev–Trinajstić information content (AvgIpc) is 3.00. The Labute approximate surface area is 156 Å². The fraction of sp³-hybridized carbons (Fsp3) is 0.619. The number of carbonyl (C=O) groups is 1. The average molecular weight is 357 g/mol. The zero-order valence-corrected chi connectivity index (χ0v) is 16.4. The number of unbranched alkanes of at least 4 members (excludes halogenated alkanes) is 1. The van der Waals surface area contributed by atoms with Gasteiger partial charge in [-0.25, -0.2) is 4.98 Å². The number of hydrogen-bond donors (Lipinski definition) is 1. The van der Waals surface area contributed by atoms with Crippen LogP contribution >= 0.6 is 0 Å². The molecule has 1 fully saturated rings. The van der Waals surface area contributed by atoms with E-state index in [4.69, 9.17) is 4.98 Å². The van der Waals surface area contributed by atoms with Crippen molar-refractivity contribution in [2.45, 2.75) is 59.0 Å². The molecule has 142 valence electrons. The monoisotopic (exact) mass is 356 g/mol. The number of aromatic nitrogens is 2. The van der Waals surface area contributed by atoms with Crippen molar-refractivity contribution in [3.8, 4) is 0 Å². The fourth-order valence-electron chi connectivity index (χ4n) is 3.87. The van der Waals surface area contributed by atoms with Gasteiger partial charge in [-0.05, 0) is 58.3 Å². The van der Waals surface area contributed by atoms with E-state index in [-0.39, 0.29) is 11.8 Å². The predicted octanol–water partition coefficient (Wildman–Crippen LogP) is 3.75. The van der Waals surface area contributed by atoms with E-state index in [2.05, 4.69) is 53.8 Å². The normalized spacial score (nSPS) is 16.5. The van der Waals surface area contributed by atoms with Gasteiger partial charge >= 0.3 is 0 Å². The highest BCUT2D eigenvalue weighted by Crippen LogP contribution is 2.24. The largest absolute Gasteiger partial charge is 0.356 e. The van der Waals surface area contributed by atoms with Crippen molar-refractivity contribution in [2.24, 2.45) is 5.92 Å². The Bertz CT molecular complexity index is 729. The Morgan fingerprint density at radius 2 is 2.00 bits per heavy atom. The van der Waals surface area contributed by atoms with Crippen LogP contribution in [-0.4, -0.2) is 40.0 Å². The second kappa shape index (κ2) is 8.67. The first kappa shape index (κ1) is 18.9. The van der Waals surface area contributed by atoms with Crippen molar-refractivity contribution in [1.82, 2.24) is 19.8 Å². The van der Waals surface area contributed by atoms with Crippen molar-refractivity contribution in [3.05, 3.63) is 30.1 Å². The van der Waals surface area contributed by atoms with E-state index in [9.17, 15) is 4.79 Å². The quantitative estimate of drug-likeness (QED) is 0.769. The lowest BCUT2D eigenvalue weighted by molar-refractivity contribution is -0.126. The van der Waals surface area contributed by atoms with Crippen LogP contribution < -0.4 is 5.32 Å². The SMILES string of the molecule is CCCCNC(=O)C1CCN(Cc2nc3ccccc3n2C(C)C)CC1. The van der Waals surface area contributed by atoms with E-state index >= 15 is 0 Å². The molecule has 1 saturated heterocycles. The van der Waals surface area contributed by atoms with Crippen LogP contribution in [0.2, 0.25) is 0 Å². The second-order valence-corrected chi connectivity index (χ2v) is 7.68. The third-order valence-electron chi connectivity index (χ3n) is 5.34. The molecule has 1 N–H and O–H groups in total. The third kappa shape index (κ3) is 4.26. The number of carbonyl (C=O) groups excluding carboxylic acids is 1. The first-order chi connectivity index (χ1) is 12.6. The number of para-hydroxylation sites is 2. The van der Waals surface area contributed by atoms with Gasteiger partial charge in [0.05, 0.1) is 17.6 Å². The lowest BCUT2D eigenvalue weighted by atomic mass is 9.96. The van der Waals surface area contributed by atoms with Crippen molar-refractivity contribution in [3.63, 3.8) is 0 Å². The van der Waals surface area contributed by atoms with E-state index in [1.165, 1.54) is 5.52 Å². The fourth-order valence-corrected chi connectivity index (χ4v) is 3.87. The van der Waals surface area contributed by atoms with Crippen LogP contribution in [0.1, 0.15) is 58.3 Å². The molecule has 1 aliphatic heterocycles. The van der Waals surface area contributed by atoms with Crippen LogP contribution in [0.3, 0.4) is 0 Å². The highest BCUT2D eigenvalue weighted by atomic mass is 16.1. The molecule has 1 aliphatic rings. The highest BCUT2D eigenvalue weighted by molar-refractivity contribution is 5.78. The zero-order chi connectivity index (χ0) is 18.5. The molecule has 5 nitrogen and oxygen atoms in total. The molecular weight excluding hydrogens is 324 g/mol. The summed E-state index contributed by atoms with van der Waals surface area (Å²) in [6, 6.07) is 8.75. The maximum atomic E-state index is 12.3. The summed E-state index contributed by atoms with van der Waals surface area (Å²) in [5.41, 5.74) is 2.28. The lowest BCUT2D eigenvalue weighted by Crippen LogP contribution is -2.40. The van der Waals surface area contributed by atoms with E-state index in [1.54, 1.807) is 0 Å². The van der Waals surface area contributed by atoms with Gasteiger partial charge in [0.1, 0.15) is 5.82 Å². The van der Waals surface area contributed by atoms with Gasteiger partial charge in [0.2, 0.25) is 5.91 Å². The molecule has 0 radical (unpaired) electrons. The molecule has 1 aromatic heterocycles. The van der Waals surface area contributed by atoms with Crippen LogP contribution in [0.4, 0.5) is 0 Å². The van der Waals surface area contributed by atoms with E-state index in [0.717, 1.165) is 63.2 Å². The van der Waals surface area contributed by atoms with Crippen molar-refractivity contribution in [1.29, 1.82) is 0 Å². The molecule has 0 unspecified atom stereocenters. The number of nitrogens with one attached hydrogen (secondary N) is 1. The molecule has 26 heavy (non-hydrogen) atoms. The summed E-state index contributed by atoms with van der Waals surface area (Å²) in [4.78, 5) is 19.6. The summed E-state index contributed by atoms with van der Waals surface area (Å²) in [6.07, 6.45) is 4.07. The number of likely N-dealkylation sites (tertiary alicyclic amines) is 1. The first-order valence-electron chi connectivity index (χ1n) is 10.1. The molecular formula is C21H32N4O. The minimum absolute atomic E-state index is 0.173. The second-order valence-electron chi connectivity index (χ2n) is 7.68. The summed E-state index contributed by atoms with van der Waals surface area (Å²) in [6.45, 7) is 10.2. The Kier molecular flexibility index (Phi) is 6.30. The molecule has 0 aliphatic carbocycles. The molecule has 0 atom stereocenters. The van der Waals surface area contributed by atoms with Gasteiger partial charge in [0.15, 0.2) is 0 Å². The number of rotatable bonds is 7. The number of piperidine rings is 1. The number of nitrogens with zero attached hydrogens (tertiary/aromatic N) is 3. The van der Waals surface area contributed by atoms with Crippen LogP contribution in [0.15, 0.2) is 24.3 Å².